The number of rotatable bonds is 2. The van der Waals surface area contributed by atoms with Gasteiger partial charge < -0.3 is 10.5 Å². The Hall–Kier alpha value is -0.120. The van der Waals surface area contributed by atoms with Crippen molar-refractivity contribution in [1.29, 1.82) is 0 Å². The minimum atomic E-state index is -0.0495. The highest BCUT2D eigenvalue weighted by Crippen LogP contribution is 2.52. The van der Waals surface area contributed by atoms with Crippen molar-refractivity contribution in [2.75, 3.05) is 26.2 Å². The molecule has 1 aliphatic carbocycles. The van der Waals surface area contributed by atoms with Gasteiger partial charge in [0.1, 0.15) is 0 Å². The lowest BCUT2D eigenvalue weighted by Gasteiger charge is -2.58. The van der Waals surface area contributed by atoms with E-state index in [9.17, 15) is 0 Å². The molecular formula is C17H34N2O. The molecule has 0 amide bonds. The molecule has 0 aromatic carbocycles. The Morgan fingerprint density at radius 3 is 1.95 bits per heavy atom. The molecule has 2 N–H and O–H groups in total. The second-order valence-corrected chi connectivity index (χ2v) is 9.32. The second kappa shape index (κ2) is 4.96. The van der Waals surface area contributed by atoms with Gasteiger partial charge in [0.15, 0.2) is 0 Å². The van der Waals surface area contributed by atoms with Gasteiger partial charge in [-0.1, -0.05) is 27.7 Å². The van der Waals surface area contributed by atoms with Crippen LogP contribution in [0.25, 0.3) is 0 Å². The number of nitrogens with two attached hydrogens (primary N) is 1. The van der Waals surface area contributed by atoms with Crippen molar-refractivity contribution in [2.24, 2.45) is 16.6 Å². The molecule has 1 saturated carbocycles. The molecule has 1 aliphatic heterocycles. The third kappa shape index (κ3) is 3.37. The predicted octanol–water partition coefficient (Wildman–Crippen LogP) is 3.03. The Bertz CT molecular complexity index is 344. The van der Waals surface area contributed by atoms with Gasteiger partial charge in [0, 0.05) is 25.2 Å². The topological polar surface area (TPSA) is 38.5 Å². The molecule has 2 fully saturated rings. The summed E-state index contributed by atoms with van der Waals surface area (Å²) in [5, 5.41) is 0. The summed E-state index contributed by atoms with van der Waals surface area (Å²) in [7, 11) is 0. The molecule has 0 spiro atoms. The zero-order valence-electron chi connectivity index (χ0n) is 14.4. The van der Waals surface area contributed by atoms with Gasteiger partial charge in [0.2, 0.25) is 0 Å². The van der Waals surface area contributed by atoms with E-state index in [1.165, 1.54) is 19.3 Å². The van der Waals surface area contributed by atoms with Crippen LogP contribution in [-0.4, -0.2) is 42.3 Å². The molecule has 1 saturated heterocycles. The normalized spacial score (nSPS) is 31.9. The van der Waals surface area contributed by atoms with Gasteiger partial charge >= 0.3 is 0 Å². The standard InChI is InChI=1S/C17H34N2O/c1-14(2)9-15(3,4)11-17(10-14,12-18)19-7-8-20-16(5,6)13-19/h7-13,18H2,1-6H3. The highest BCUT2D eigenvalue weighted by atomic mass is 16.5. The molecule has 2 rings (SSSR count). The van der Waals surface area contributed by atoms with E-state index in [0.717, 1.165) is 26.2 Å². The summed E-state index contributed by atoms with van der Waals surface area (Å²) in [6, 6.07) is 0. The first kappa shape index (κ1) is 16.3. The molecule has 118 valence electrons. The first-order valence-electron chi connectivity index (χ1n) is 8.09. The third-order valence-electron chi connectivity index (χ3n) is 5.05. The molecule has 0 aromatic rings. The number of ether oxygens (including phenoxy) is 1. The highest BCUT2D eigenvalue weighted by molar-refractivity contribution is 5.06. The van der Waals surface area contributed by atoms with Crippen LogP contribution in [0.5, 0.6) is 0 Å². The van der Waals surface area contributed by atoms with E-state index >= 15 is 0 Å². The summed E-state index contributed by atoms with van der Waals surface area (Å²) < 4.78 is 5.90. The third-order valence-corrected chi connectivity index (χ3v) is 5.05. The minimum Gasteiger partial charge on any atom is -0.373 e. The molecule has 3 heteroatoms. The Morgan fingerprint density at radius 1 is 0.950 bits per heavy atom. The van der Waals surface area contributed by atoms with E-state index < -0.39 is 0 Å². The van der Waals surface area contributed by atoms with Crippen LogP contribution in [0.15, 0.2) is 0 Å². The van der Waals surface area contributed by atoms with Gasteiger partial charge in [0.25, 0.3) is 0 Å². The van der Waals surface area contributed by atoms with E-state index in [1.807, 2.05) is 0 Å². The van der Waals surface area contributed by atoms with E-state index in [1.54, 1.807) is 0 Å². The summed E-state index contributed by atoms with van der Waals surface area (Å²) in [5.74, 6) is 0. The summed E-state index contributed by atoms with van der Waals surface area (Å²) in [4.78, 5) is 2.64. The molecule has 1 heterocycles. The van der Waals surface area contributed by atoms with Gasteiger partial charge in [-0.05, 0) is 43.9 Å². The summed E-state index contributed by atoms with van der Waals surface area (Å²) in [5.41, 5.74) is 7.14. The molecule has 0 atom stereocenters. The Kier molecular flexibility index (Phi) is 4.03. The van der Waals surface area contributed by atoms with Gasteiger partial charge in [-0.2, -0.15) is 0 Å². The summed E-state index contributed by atoms with van der Waals surface area (Å²) >= 11 is 0. The number of nitrogens with zero attached hydrogens (tertiary/aromatic N) is 1. The Labute approximate surface area is 125 Å². The molecule has 20 heavy (non-hydrogen) atoms. The van der Waals surface area contributed by atoms with Gasteiger partial charge in [-0.15, -0.1) is 0 Å². The zero-order valence-corrected chi connectivity index (χ0v) is 14.4. The van der Waals surface area contributed by atoms with Crippen LogP contribution in [-0.2, 0) is 4.74 Å². The molecule has 0 radical (unpaired) electrons. The van der Waals surface area contributed by atoms with Gasteiger partial charge in [-0.25, -0.2) is 0 Å². The number of hydrogen-bond donors (Lipinski definition) is 1. The van der Waals surface area contributed by atoms with Crippen LogP contribution >= 0.6 is 0 Å². The van der Waals surface area contributed by atoms with Crippen LogP contribution in [0.3, 0.4) is 0 Å². The maximum Gasteiger partial charge on any atom is 0.0753 e. The molecule has 3 nitrogen and oxygen atoms in total. The molecule has 0 bridgehead atoms. The van der Waals surface area contributed by atoms with E-state index in [0.29, 0.717) is 10.8 Å². The van der Waals surface area contributed by atoms with Crippen molar-refractivity contribution in [3.63, 3.8) is 0 Å². The monoisotopic (exact) mass is 282 g/mol. The maximum absolute atomic E-state index is 6.32. The van der Waals surface area contributed by atoms with Crippen molar-refractivity contribution < 1.29 is 4.74 Å². The largest absolute Gasteiger partial charge is 0.373 e. The quantitative estimate of drug-likeness (QED) is 0.846. The van der Waals surface area contributed by atoms with Crippen LogP contribution in [0.2, 0.25) is 0 Å². The molecule has 2 aliphatic rings. The Balaban J connectivity index is 2.28. The van der Waals surface area contributed by atoms with Crippen molar-refractivity contribution in [3.8, 4) is 0 Å². The fourth-order valence-electron chi connectivity index (χ4n) is 5.18. The lowest BCUT2D eigenvalue weighted by Crippen LogP contribution is -2.65. The first-order chi connectivity index (χ1) is 8.99. The lowest BCUT2D eigenvalue weighted by molar-refractivity contribution is -0.141. The molecule has 0 unspecified atom stereocenters. The van der Waals surface area contributed by atoms with Gasteiger partial charge in [0.05, 0.1) is 12.2 Å². The Morgan fingerprint density at radius 2 is 1.50 bits per heavy atom. The fraction of sp³-hybridized carbons (Fsp3) is 1.00. The molecule has 0 aromatic heterocycles. The first-order valence-corrected chi connectivity index (χ1v) is 8.09. The average molecular weight is 282 g/mol. The van der Waals surface area contributed by atoms with Crippen LogP contribution in [0.4, 0.5) is 0 Å². The maximum atomic E-state index is 6.32. The van der Waals surface area contributed by atoms with Crippen LogP contribution in [0.1, 0.15) is 60.8 Å². The van der Waals surface area contributed by atoms with Gasteiger partial charge in [-0.3, -0.25) is 4.90 Å². The van der Waals surface area contributed by atoms with E-state index in [-0.39, 0.29) is 11.1 Å². The summed E-state index contributed by atoms with van der Waals surface area (Å²) in [6.07, 6.45) is 3.70. The highest BCUT2D eigenvalue weighted by Gasteiger charge is 2.51. The second-order valence-electron chi connectivity index (χ2n) is 9.32. The summed E-state index contributed by atoms with van der Waals surface area (Å²) in [6.45, 7) is 17.6. The van der Waals surface area contributed by atoms with Crippen molar-refractivity contribution in [3.05, 3.63) is 0 Å². The SMILES string of the molecule is CC1(C)CC(C)(C)CC(CN)(N2CCOC(C)(C)C2)C1. The minimum absolute atomic E-state index is 0.0495. The fourth-order valence-corrected chi connectivity index (χ4v) is 5.18. The predicted molar refractivity (Wildman–Crippen MR) is 84.8 cm³/mol. The zero-order chi connectivity index (χ0) is 15.2. The van der Waals surface area contributed by atoms with E-state index in [4.69, 9.17) is 10.5 Å². The van der Waals surface area contributed by atoms with Crippen molar-refractivity contribution in [1.82, 2.24) is 4.90 Å². The number of hydrogen-bond acceptors (Lipinski definition) is 3. The smallest absolute Gasteiger partial charge is 0.0753 e. The van der Waals surface area contributed by atoms with Crippen molar-refractivity contribution in [2.45, 2.75) is 71.9 Å². The van der Waals surface area contributed by atoms with Crippen LogP contribution < -0.4 is 5.73 Å². The molecular weight excluding hydrogens is 248 g/mol. The average Bonchev–Trinajstić information content (AvgIpc) is 2.23. The van der Waals surface area contributed by atoms with Crippen molar-refractivity contribution >= 4 is 0 Å². The number of morpholine rings is 1. The van der Waals surface area contributed by atoms with E-state index in [2.05, 4.69) is 46.4 Å². The van der Waals surface area contributed by atoms with Crippen LogP contribution in [0, 0.1) is 10.8 Å². The lowest BCUT2D eigenvalue weighted by atomic mass is 9.57.